The lowest BCUT2D eigenvalue weighted by Gasteiger charge is -2.30. The second kappa shape index (κ2) is 9.57. The van der Waals surface area contributed by atoms with E-state index in [1.807, 2.05) is 18.7 Å². The van der Waals surface area contributed by atoms with Crippen LogP contribution < -0.4 is 5.32 Å². The van der Waals surface area contributed by atoms with Crippen LogP contribution in [0, 0.1) is 5.92 Å². The van der Waals surface area contributed by atoms with Crippen molar-refractivity contribution in [3.63, 3.8) is 0 Å². The minimum Gasteiger partial charge on any atom is -0.353 e. The Labute approximate surface area is 177 Å². The van der Waals surface area contributed by atoms with Crippen LogP contribution in [0.2, 0.25) is 0 Å². The van der Waals surface area contributed by atoms with E-state index < -0.39 is 10.0 Å². The Bertz CT molecular complexity index is 823. The number of sulfonamides is 1. The predicted molar refractivity (Wildman–Crippen MR) is 113 cm³/mol. The number of carbonyl (C=O) groups excluding carboxylic acids is 2. The minimum absolute atomic E-state index is 0.0157. The number of hydrogen-bond donors (Lipinski definition) is 1. The van der Waals surface area contributed by atoms with Crippen molar-refractivity contribution < 1.29 is 18.0 Å². The summed E-state index contributed by atoms with van der Waals surface area (Å²) in [6.07, 6.45) is 5.05. The molecule has 1 atom stereocenters. The molecule has 1 N–H and O–H groups in total. The maximum Gasteiger partial charge on any atom is 0.254 e. The van der Waals surface area contributed by atoms with Crippen molar-refractivity contribution in [1.29, 1.82) is 0 Å². The number of amides is 2. The lowest BCUT2D eigenvalue weighted by molar-refractivity contribution is -0.126. The Kier molecular flexibility index (Phi) is 7.34. The molecule has 162 valence electrons. The highest BCUT2D eigenvalue weighted by atomic mass is 32.2. The molecule has 0 unspecified atom stereocenters. The van der Waals surface area contributed by atoms with E-state index in [0.29, 0.717) is 31.5 Å². The highest BCUT2D eigenvalue weighted by Crippen LogP contribution is 2.29. The molecule has 29 heavy (non-hydrogen) atoms. The number of nitrogens with zero attached hydrogens (tertiary/aromatic N) is 2. The van der Waals surface area contributed by atoms with Crippen LogP contribution in [0.15, 0.2) is 15.7 Å². The van der Waals surface area contributed by atoms with Crippen LogP contribution in [-0.2, 0) is 14.8 Å². The molecule has 0 spiro atoms. The lowest BCUT2D eigenvalue weighted by Crippen LogP contribution is -2.44. The largest absolute Gasteiger partial charge is 0.353 e. The van der Waals surface area contributed by atoms with Gasteiger partial charge in [-0.05, 0) is 51.5 Å². The molecule has 1 aromatic rings. The van der Waals surface area contributed by atoms with Crippen LogP contribution in [0.3, 0.4) is 0 Å². The van der Waals surface area contributed by atoms with Crippen LogP contribution in [0.25, 0.3) is 0 Å². The van der Waals surface area contributed by atoms with Crippen molar-refractivity contribution in [2.24, 2.45) is 5.92 Å². The van der Waals surface area contributed by atoms with Crippen molar-refractivity contribution in [3.8, 4) is 0 Å². The SMILES string of the molecule is CC[C@H](C)NC(=O)C1CCN(S(=O)(=O)c2cc(C(=O)N3CCCCC3)cs2)CC1. The topological polar surface area (TPSA) is 86.8 Å². The zero-order valence-corrected chi connectivity index (χ0v) is 18.9. The van der Waals surface area contributed by atoms with Gasteiger partial charge < -0.3 is 10.2 Å². The summed E-state index contributed by atoms with van der Waals surface area (Å²) in [6.45, 7) is 6.12. The Morgan fingerprint density at radius 1 is 1.17 bits per heavy atom. The van der Waals surface area contributed by atoms with Gasteiger partial charge in [0.1, 0.15) is 4.21 Å². The van der Waals surface area contributed by atoms with Crippen molar-refractivity contribution in [1.82, 2.24) is 14.5 Å². The number of nitrogens with one attached hydrogen (secondary N) is 1. The van der Waals surface area contributed by atoms with E-state index in [0.717, 1.165) is 50.1 Å². The zero-order chi connectivity index (χ0) is 21.0. The molecule has 0 saturated carbocycles. The highest BCUT2D eigenvalue weighted by Gasteiger charge is 2.33. The van der Waals surface area contributed by atoms with Crippen LogP contribution in [0.5, 0.6) is 0 Å². The molecule has 0 aromatic carbocycles. The van der Waals surface area contributed by atoms with Gasteiger partial charge in [-0.1, -0.05) is 6.92 Å². The first-order chi connectivity index (χ1) is 13.8. The first-order valence-corrected chi connectivity index (χ1v) is 12.8. The summed E-state index contributed by atoms with van der Waals surface area (Å²) in [6, 6.07) is 1.64. The molecule has 2 aliphatic heterocycles. The van der Waals surface area contributed by atoms with Crippen molar-refractivity contribution in [3.05, 3.63) is 17.0 Å². The third-order valence-electron chi connectivity index (χ3n) is 5.89. The van der Waals surface area contributed by atoms with E-state index >= 15 is 0 Å². The molecule has 0 bridgehead atoms. The normalized spacial score (nSPS) is 20.4. The van der Waals surface area contributed by atoms with E-state index in [-0.39, 0.29) is 28.0 Å². The van der Waals surface area contributed by atoms with Gasteiger partial charge in [0.2, 0.25) is 5.91 Å². The first kappa shape index (κ1) is 22.2. The zero-order valence-electron chi connectivity index (χ0n) is 17.2. The average molecular weight is 442 g/mol. The Morgan fingerprint density at radius 3 is 2.45 bits per heavy atom. The number of piperidine rings is 2. The van der Waals surface area contributed by atoms with Gasteiger partial charge in [0, 0.05) is 43.5 Å². The molecular formula is C20H31N3O4S2. The van der Waals surface area contributed by atoms with Crippen LogP contribution >= 0.6 is 11.3 Å². The van der Waals surface area contributed by atoms with Crippen LogP contribution in [-0.4, -0.2) is 61.7 Å². The maximum atomic E-state index is 13.0. The average Bonchev–Trinajstić information content (AvgIpc) is 3.25. The smallest absolute Gasteiger partial charge is 0.254 e. The molecule has 2 amide bonds. The van der Waals surface area contributed by atoms with Gasteiger partial charge >= 0.3 is 0 Å². The molecule has 1 aromatic heterocycles. The predicted octanol–water partition coefficient (Wildman–Crippen LogP) is 2.69. The summed E-state index contributed by atoms with van der Waals surface area (Å²) < 4.78 is 27.7. The van der Waals surface area contributed by atoms with Crippen molar-refractivity contribution >= 4 is 33.2 Å². The Hall–Kier alpha value is -1.45. The molecule has 2 aliphatic rings. The van der Waals surface area contributed by atoms with Gasteiger partial charge in [-0.25, -0.2) is 8.42 Å². The van der Waals surface area contributed by atoms with E-state index in [1.54, 1.807) is 5.38 Å². The highest BCUT2D eigenvalue weighted by molar-refractivity contribution is 7.91. The van der Waals surface area contributed by atoms with Crippen molar-refractivity contribution in [2.45, 2.75) is 62.6 Å². The summed E-state index contributed by atoms with van der Waals surface area (Å²) in [7, 11) is -3.63. The summed E-state index contributed by atoms with van der Waals surface area (Å²) >= 11 is 1.10. The Morgan fingerprint density at radius 2 is 1.83 bits per heavy atom. The number of rotatable bonds is 6. The monoisotopic (exact) mass is 441 g/mol. The van der Waals surface area contributed by atoms with Gasteiger partial charge in [0.25, 0.3) is 15.9 Å². The molecular weight excluding hydrogens is 410 g/mol. The number of likely N-dealkylation sites (tertiary alicyclic amines) is 1. The van der Waals surface area contributed by atoms with Crippen molar-refractivity contribution in [2.75, 3.05) is 26.2 Å². The second-order valence-corrected chi connectivity index (χ2v) is 11.1. The quantitative estimate of drug-likeness (QED) is 0.735. The fourth-order valence-corrected chi connectivity index (χ4v) is 6.57. The molecule has 2 fully saturated rings. The van der Waals surface area contributed by atoms with Gasteiger partial charge in [-0.2, -0.15) is 4.31 Å². The lowest BCUT2D eigenvalue weighted by atomic mass is 9.97. The summed E-state index contributed by atoms with van der Waals surface area (Å²) in [5.41, 5.74) is 0.457. The molecule has 9 heteroatoms. The second-order valence-electron chi connectivity index (χ2n) is 8.00. The molecule has 7 nitrogen and oxygen atoms in total. The van der Waals surface area contributed by atoms with Gasteiger partial charge in [-0.3, -0.25) is 9.59 Å². The van der Waals surface area contributed by atoms with Gasteiger partial charge in [0.15, 0.2) is 0 Å². The van der Waals surface area contributed by atoms with E-state index in [2.05, 4.69) is 5.32 Å². The summed E-state index contributed by atoms with van der Waals surface area (Å²) in [5.74, 6) is -0.209. The summed E-state index contributed by atoms with van der Waals surface area (Å²) in [5, 5.41) is 4.63. The first-order valence-electron chi connectivity index (χ1n) is 10.5. The molecule has 2 saturated heterocycles. The van der Waals surface area contributed by atoms with Gasteiger partial charge in [-0.15, -0.1) is 11.3 Å². The number of carbonyl (C=O) groups is 2. The fourth-order valence-electron chi connectivity index (χ4n) is 3.79. The number of hydrogen-bond acceptors (Lipinski definition) is 5. The van der Waals surface area contributed by atoms with E-state index in [4.69, 9.17) is 0 Å². The molecule has 0 radical (unpaired) electrons. The summed E-state index contributed by atoms with van der Waals surface area (Å²) in [4.78, 5) is 26.7. The molecule has 3 rings (SSSR count). The van der Waals surface area contributed by atoms with Gasteiger partial charge in [0.05, 0.1) is 5.56 Å². The molecule has 3 heterocycles. The molecule has 0 aliphatic carbocycles. The Balaban J connectivity index is 1.61. The van der Waals surface area contributed by atoms with Crippen LogP contribution in [0.4, 0.5) is 0 Å². The van der Waals surface area contributed by atoms with E-state index in [9.17, 15) is 18.0 Å². The third kappa shape index (κ3) is 5.19. The third-order valence-corrected chi connectivity index (χ3v) is 9.20. The maximum absolute atomic E-state index is 13.0. The van der Waals surface area contributed by atoms with E-state index in [1.165, 1.54) is 10.4 Å². The number of thiophene rings is 1. The van der Waals surface area contributed by atoms with Crippen LogP contribution in [0.1, 0.15) is 62.7 Å². The fraction of sp³-hybridized carbons (Fsp3) is 0.700. The minimum atomic E-state index is -3.63. The standard InChI is InChI=1S/C20H31N3O4S2/c1-3-15(2)21-19(24)16-7-11-23(12-8-16)29(26,27)18-13-17(14-28-18)20(25)22-9-5-4-6-10-22/h13-16H,3-12H2,1-2H3,(H,21,24)/t15-/m0/s1.